The number of para-hydroxylation sites is 2. The Morgan fingerprint density at radius 1 is 1.24 bits per heavy atom. The van der Waals surface area contributed by atoms with E-state index in [2.05, 4.69) is 4.98 Å². The van der Waals surface area contributed by atoms with Crippen molar-refractivity contribution < 1.29 is 9.34 Å². The molecule has 2 amide bonds. The van der Waals surface area contributed by atoms with E-state index in [1.165, 1.54) is 6.07 Å². The van der Waals surface area contributed by atoms with E-state index in [4.69, 9.17) is 17.3 Å². The van der Waals surface area contributed by atoms with Crippen molar-refractivity contribution in [3.05, 3.63) is 69.2 Å². The standard InChI is InChI=1S/C16H14ClN5O3/c17-12-7-5-11(6-8-12)9-10-20(15(18)23)16-19-13-3-1-2-4-14(13)21(24)22(16)25/h1-8H,9-10H2,(H2,18,23). The minimum atomic E-state index is -0.874. The molecule has 2 N–H and O–H groups in total. The molecule has 1 heterocycles. The number of anilines is 1. The predicted octanol–water partition coefficient (Wildman–Crippen LogP) is 2.08. The first-order valence-corrected chi connectivity index (χ1v) is 7.79. The van der Waals surface area contributed by atoms with Crippen LogP contribution in [0.4, 0.5) is 10.7 Å². The molecule has 0 aliphatic carbocycles. The van der Waals surface area contributed by atoms with Crippen molar-refractivity contribution in [2.75, 3.05) is 11.4 Å². The number of fused-ring (bicyclic) bond motifs is 1. The van der Waals surface area contributed by atoms with Crippen LogP contribution in [0.25, 0.3) is 11.0 Å². The molecule has 3 aromatic rings. The molecule has 3 rings (SSSR count). The van der Waals surface area contributed by atoms with Crippen molar-refractivity contribution >= 4 is 34.6 Å². The summed E-state index contributed by atoms with van der Waals surface area (Å²) < 4.78 is 0.00888. The Morgan fingerprint density at radius 2 is 1.92 bits per heavy atom. The second-order valence-electron chi connectivity index (χ2n) is 5.31. The highest BCUT2D eigenvalue weighted by Gasteiger charge is 2.28. The molecule has 0 spiro atoms. The number of carbonyl (C=O) groups is 1. The fourth-order valence-electron chi connectivity index (χ4n) is 2.41. The smallest absolute Gasteiger partial charge is 0.463 e. The quantitative estimate of drug-likeness (QED) is 0.719. The fraction of sp³-hybridized carbons (Fsp3) is 0.125. The van der Waals surface area contributed by atoms with Crippen LogP contribution in [-0.4, -0.2) is 22.4 Å². The summed E-state index contributed by atoms with van der Waals surface area (Å²) in [5, 5.41) is 12.7. The topological polar surface area (TPSA) is 110 Å². The maximum atomic E-state index is 12.2. The van der Waals surface area contributed by atoms with Crippen LogP contribution in [0.1, 0.15) is 5.56 Å². The molecule has 128 valence electrons. The van der Waals surface area contributed by atoms with Gasteiger partial charge in [-0.2, -0.15) is 4.90 Å². The van der Waals surface area contributed by atoms with E-state index in [1.807, 2.05) is 0 Å². The Morgan fingerprint density at radius 3 is 2.60 bits per heavy atom. The van der Waals surface area contributed by atoms with Crippen molar-refractivity contribution in [2.45, 2.75) is 6.42 Å². The average molecular weight is 360 g/mol. The molecule has 0 saturated heterocycles. The number of aromatic nitrogens is 3. The number of carbonyl (C=O) groups excluding carboxylic acids is 1. The highest BCUT2D eigenvalue weighted by Crippen LogP contribution is 2.14. The van der Waals surface area contributed by atoms with Gasteiger partial charge in [-0.3, -0.25) is 0 Å². The van der Waals surface area contributed by atoms with E-state index >= 15 is 0 Å². The average Bonchev–Trinajstić information content (AvgIpc) is 2.60. The molecule has 25 heavy (non-hydrogen) atoms. The fourth-order valence-corrected chi connectivity index (χ4v) is 2.54. The van der Waals surface area contributed by atoms with E-state index < -0.39 is 6.03 Å². The van der Waals surface area contributed by atoms with Crippen molar-refractivity contribution in [1.82, 2.24) is 9.83 Å². The number of primary amides is 1. The number of nitrogens with zero attached hydrogens (tertiary/aromatic N) is 4. The number of benzene rings is 2. The first kappa shape index (κ1) is 16.7. The Kier molecular flexibility index (Phi) is 4.53. The lowest BCUT2D eigenvalue weighted by Gasteiger charge is -2.14. The lowest BCUT2D eigenvalue weighted by atomic mass is 10.1. The molecule has 0 bridgehead atoms. The van der Waals surface area contributed by atoms with E-state index in [0.29, 0.717) is 11.4 Å². The van der Waals surface area contributed by atoms with Gasteiger partial charge in [-0.1, -0.05) is 45.8 Å². The Balaban J connectivity index is 1.96. The number of amides is 2. The Bertz CT molecular complexity index is 987. The molecule has 1 aromatic heterocycles. The number of hydrogen-bond donors (Lipinski definition) is 1. The molecule has 0 saturated carbocycles. The van der Waals surface area contributed by atoms with Crippen LogP contribution in [0.15, 0.2) is 48.5 Å². The van der Waals surface area contributed by atoms with Crippen LogP contribution in [0, 0.1) is 10.1 Å². The van der Waals surface area contributed by atoms with E-state index in [1.54, 1.807) is 42.5 Å². The summed E-state index contributed by atoms with van der Waals surface area (Å²) in [5.74, 6) is -0.366. The summed E-state index contributed by atoms with van der Waals surface area (Å²) in [5.41, 5.74) is 6.66. The molecule has 8 nitrogen and oxygen atoms in total. The summed E-state index contributed by atoms with van der Waals surface area (Å²) >= 11 is 5.84. The highest BCUT2D eigenvalue weighted by molar-refractivity contribution is 6.30. The molecule has 0 atom stereocenters. The molecule has 0 aliphatic rings. The first-order chi connectivity index (χ1) is 12.0. The highest BCUT2D eigenvalue weighted by atomic mass is 35.5. The first-order valence-electron chi connectivity index (χ1n) is 7.41. The van der Waals surface area contributed by atoms with Crippen molar-refractivity contribution in [2.24, 2.45) is 5.73 Å². The van der Waals surface area contributed by atoms with Crippen LogP contribution in [0.3, 0.4) is 0 Å². The number of halogens is 1. The van der Waals surface area contributed by atoms with Gasteiger partial charge in [0.2, 0.25) is 0 Å². The minimum Gasteiger partial charge on any atom is -0.778 e. The molecular weight excluding hydrogens is 346 g/mol. The molecule has 0 fully saturated rings. The molecule has 2 aromatic carbocycles. The zero-order valence-corrected chi connectivity index (χ0v) is 13.8. The van der Waals surface area contributed by atoms with Gasteiger partial charge in [-0.15, -0.1) is 0 Å². The summed E-state index contributed by atoms with van der Waals surface area (Å²) in [6.07, 6.45) is 0.410. The summed E-state index contributed by atoms with van der Waals surface area (Å²) in [7, 11) is 0. The third-order valence-electron chi connectivity index (χ3n) is 3.69. The lowest BCUT2D eigenvalue weighted by Crippen LogP contribution is -2.46. The maximum Gasteiger partial charge on any atom is 0.463 e. The second kappa shape index (κ2) is 6.78. The van der Waals surface area contributed by atoms with Gasteiger partial charge in [-0.05, 0) is 29.8 Å². The largest absolute Gasteiger partial charge is 0.778 e. The van der Waals surface area contributed by atoms with Crippen LogP contribution < -0.4 is 15.2 Å². The van der Waals surface area contributed by atoms with Gasteiger partial charge < -0.3 is 10.9 Å². The molecule has 0 radical (unpaired) electrons. The van der Waals surface area contributed by atoms with Gasteiger partial charge in [0.05, 0.1) is 11.1 Å². The van der Waals surface area contributed by atoms with Gasteiger partial charge in [0.1, 0.15) is 5.52 Å². The normalized spacial score (nSPS) is 10.8. The number of nitrogens with two attached hydrogens (primary N) is 1. The van der Waals surface area contributed by atoms with Gasteiger partial charge in [0, 0.05) is 11.4 Å². The third-order valence-corrected chi connectivity index (χ3v) is 3.94. The van der Waals surface area contributed by atoms with Gasteiger partial charge in [0.25, 0.3) is 0 Å². The molecule has 0 aliphatic heterocycles. The van der Waals surface area contributed by atoms with E-state index in [9.17, 15) is 14.9 Å². The van der Waals surface area contributed by atoms with Crippen LogP contribution in [-0.2, 0) is 6.42 Å². The molecule has 9 heteroatoms. The SMILES string of the molecule is NC(=O)N(CCc1ccc(Cl)cc1)c1nc2ccccc2n([O-])[n+]1=O. The summed E-state index contributed by atoms with van der Waals surface area (Å²) in [6.45, 7) is 0.0878. The zero-order valence-electron chi connectivity index (χ0n) is 13.0. The monoisotopic (exact) mass is 359 g/mol. The van der Waals surface area contributed by atoms with E-state index in [-0.39, 0.29) is 32.9 Å². The third kappa shape index (κ3) is 3.38. The predicted molar refractivity (Wildman–Crippen MR) is 94.0 cm³/mol. The molecular formula is C16H14ClN5O3. The number of urea groups is 1. The van der Waals surface area contributed by atoms with Crippen molar-refractivity contribution in [3.63, 3.8) is 0 Å². The number of rotatable bonds is 4. The van der Waals surface area contributed by atoms with Crippen LogP contribution >= 0.6 is 11.6 Å². The lowest BCUT2D eigenvalue weighted by molar-refractivity contribution is -0.573. The van der Waals surface area contributed by atoms with Gasteiger partial charge >= 0.3 is 12.0 Å². The van der Waals surface area contributed by atoms with Crippen molar-refractivity contribution in [3.8, 4) is 0 Å². The van der Waals surface area contributed by atoms with Gasteiger partial charge in [-0.25, -0.2) is 9.64 Å². The summed E-state index contributed by atoms with van der Waals surface area (Å²) in [4.78, 5) is 29.2. The zero-order chi connectivity index (χ0) is 18.0. The van der Waals surface area contributed by atoms with Crippen LogP contribution in [0.5, 0.6) is 0 Å². The maximum absolute atomic E-state index is 12.2. The van der Waals surface area contributed by atoms with Gasteiger partial charge in [0.15, 0.2) is 5.52 Å². The number of hydrogen-bond acceptors (Lipinski definition) is 4. The summed E-state index contributed by atoms with van der Waals surface area (Å²) in [6, 6.07) is 12.5. The molecule has 0 unspecified atom stereocenters. The Hall–Kier alpha value is -3.13. The van der Waals surface area contributed by atoms with E-state index in [0.717, 1.165) is 10.5 Å². The van der Waals surface area contributed by atoms with Crippen molar-refractivity contribution in [1.29, 1.82) is 0 Å². The minimum absolute atomic E-state index is 0.00888. The van der Waals surface area contributed by atoms with Crippen LogP contribution in [0.2, 0.25) is 5.02 Å². The second-order valence-corrected chi connectivity index (χ2v) is 5.75. The Labute approximate surface area is 147 Å².